The molecule has 9 nitrogen and oxygen atoms in total. The van der Waals surface area contributed by atoms with E-state index in [0.717, 1.165) is 50.5 Å². The fraction of sp³-hybridized carbons (Fsp3) is 0.550. The number of carboxylic acid groups (broad SMARTS) is 2. The van der Waals surface area contributed by atoms with E-state index in [4.69, 9.17) is 24.5 Å². The highest BCUT2D eigenvalue weighted by Crippen LogP contribution is 2.28. The van der Waals surface area contributed by atoms with E-state index in [1.807, 2.05) is 18.2 Å². The highest BCUT2D eigenvalue weighted by molar-refractivity contribution is 6.27. The van der Waals surface area contributed by atoms with E-state index < -0.39 is 11.9 Å². The molecule has 0 aliphatic carbocycles. The summed E-state index contributed by atoms with van der Waals surface area (Å²) in [5.74, 6) is -3.64. The van der Waals surface area contributed by atoms with Gasteiger partial charge >= 0.3 is 11.9 Å². The van der Waals surface area contributed by atoms with E-state index in [1.165, 1.54) is 19.3 Å². The van der Waals surface area contributed by atoms with Crippen LogP contribution in [0, 0.1) is 0 Å². The number of hydrogen-bond acceptors (Lipinski definition) is 6. The topological polar surface area (TPSA) is 128 Å². The molecule has 1 aromatic carbocycles. The number of amides is 1. The predicted molar refractivity (Wildman–Crippen MR) is 108 cm³/mol. The summed E-state index contributed by atoms with van der Waals surface area (Å²) < 4.78 is 5.55. The second kappa shape index (κ2) is 12.0. The Morgan fingerprint density at radius 1 is 1.03 bits per heavy atom. The summed E-state index contributed by atoms with van der Waals surface area (Å²) in [5.41, 5.74) is 2.05. The molecule has 1 unspecified atom stereocenters. The average Bonchev–Trinajstić information content (AvgIpc) is 3.23. The van der Waals surface area contributed by atoms with Crippen LogP contribution in [0.15, 0.2) is 24.3 Å². The highest BCUT2D eigenvalue weighted by atomic mass is 16.5. The molecule has 3 rings (SSSR count). The van der Waals surface area contributed by atoms with Gasteiger partial charge in [0.05, 0.1) is 24.0 Å². The normalized spacial score (nSPS) is 18.5. The molecule has 0 radical (unpaired) electrons. The third-order valence-corrected chi connectivity index (χ3v) is 4.74. The number of carbonyl (C=O) groups excluding carboxylic acids is 1. The minimum Gasteiger partial charge on any atom is -0.473 e. The van der Waals surface area contributed by atoms with Gasteiger partial charge < -0.3 is 30.5 Å². The number of carboxylic acids is 2. The van der Waals surface area contributed by atoms with Gasteiger partial charge in [0.25, 0.3) is 0 Å². The Morgan fingerprint density at radius 2 is 1.72 bits per heavy atom. The van der Waals surface area contributed by atoms with Crippen molar-refractivity contribution in [2.24, 2.45) is 0 Å². The van der Waals surface area contributed by atoms with Gasteiger partial charge in [-0.2, -0.15) is 0 Å². The van der Waals surface area contributed by atoms with Gasteiger partial charge in [0, 0.05) is 26.2 Å². The first-order valence-corrected chi connectivity index (χ1v) is 9.89. The van der Waals surface area contributed by atoms with Gasteiger partial charge in [-0.25, -0.2) is 9.59 Å². The Morgan fingerprint density at radius 3 is 2.34 bits per heavy atom. The number of nitrogens with one attached hydrogen (secondary N) is 2. The van der Waals surface area contributed by atoms with Crippen LogP contribution in [-0.2, 0) is 19.1 Å². The summed E-state index contributed by atoms with van der Waals surface area (Å²) in [6.45, 7) is 4.07. The number of benzene rings is 1. The second-order valence-electron chi connectivity index (χ2n) is 6.99. The molecule has 160 valence electrons. The van der Waals surface area contributed by atoms with E-state index >= 15 is 0 Å². The number of piperidine rings is 1. The van der Waals surface area contributed by atoms with Crippen molar-refractivity contribution < 1.29 is 29.3 Å². The molecule has 2 aliphatic rings. The first-order valence-electron chi connectivity index (χ1n) is 9.89. The molecular weight excluding hydrogens is 378 g/mol. The molecule has 9 heteroatoms. The van der Waals surface area contributed by atoms with Crippen LogP contribution in [0.3, 0.4) is 0 Å². The van der Waals surface area contributed by atoms with Crippen molar-refractivity contribution in [2.45, 2.75) is 38.2 Å². The summed E-state index contributed by atoms with van der Waals surface area (Å²) >= 11 is 0. The predicted octanol–water partition coefficient (Wildman–Crippen LogP) is 1.54. The zero-order valence-corrected chi connectivity index (χ0v) is 16.4. The van der Waals surface area contributed by atoms with Gasteiger partial charge in [-0.15, -0.1) is 0 Å². The molecule has 0 spiro atoms. The van der Waals surface area contributed by atoms with Crippen LogP contribution in [0.2, 0.25) is 0 Å². The van der Waals surface area contributed by atoms with E-state index in [-0.39, 0.29) is 12.0 Å². The first kappa shape index (κ1) is 22.6. The molecule has 1 aromatic rings. The highest BCUT2D eigenvalue weighted by Gasteiger charge is 2.17. The Balaban J connectivity index is 0.000000438. The number of hydrogen-bond donors (Lipinski definition) is 4. The lowest BCUT2D eigenvalue weighted by molar-refractivity contribution is -0.159. The van der Waals surface area contributed by atoms with Crippen LogP contribution in [-0.4, -0.2) is 66.9 Å². The van der Waals surface area contributed by atoms with E-state index in [0.29, 0.717) is 6.54 Å². The molecule has 2 heterocycles. The van der Waals surface area contributed by atoms with Crippen molar-refractivity contribution in [3.63, 3.8) is 0 Å². The summed E-state index contributed by atoms with van der Waals surface area (Å²) in [5, 5.41) is 21.0. The van der Waals surface area contributed by atoms with E-state index in [2.05, 4.69) is 21.6 Å². The Kier molecular flexibility index (Phi) is 9.39. The summed E-state index contributed by atoms with van der Waals surface area (Å²) in [6.07, 6.45) is 6.24. The van der Waals surface area contributed by atoms with Crippen LogP contribution >= 0.6 is 0 Å². The third-order valence-electron chi connectivity index (χ3n) is 4.74. The summed E-state index contributed by atoms with van der Waals surface area (Å²) in [4.78, 5) is 32.8. The minimum absolute atomic E-state index is 0.00690. The van der Waals surface area contributed by atoms with Crippen molar-refractivity contribution in [1.82, 2.24) is 5.32 Å². The third kappa shape index (κ3) is 8.08. The van der Waals surface area contributed by atoms with Gasteiger partial charge in [0.15, 0.2) is 0 Å². The maximum absolute atomic E-state index is 12.2. The van der Waals surface area contributed by atoms with Gasteiger partial charge in [-0.3, -0.25) is 4.79 Å². The minimum atomic E-state index is -1.82. The molecule has 29 heavy (non-hydrogen) atoms. The van der Waals surface area contributed by atoms with Crippen LogP contribution in [0.5, 0.6) is 0 Å². The molecular formula is C20H29N3O6. The maximum atomic E-state index is 12.2. The number of carbonyl (C=O) groups is 3. The monoisotopic (exact) mass is 407 g/mol. The van der Waals surface area contributed by atoms with Crippen molar-refractivity contribution in [1.29, 1.82) is 0 Å². The number of anilines is 2. The molecule has 0 saturated carbocycles. The number of rotatable bonds is 6. The number of aliphatic carboxylic acids is 2. The van der Waals surface area contributed by atoms with E-state index in [9.17, 15) is 4.79 Å². The molecule has 1 amide bonds. The summed E-state index contributed by atoms with van der Waals surface area (Å²) in [6, 6.07) is 8.10. The van der Waals surface area contributed by atoms with E-state index in [1.54, 1.807) is 0 Å². The van der Waals surface area contributed by atoms with Crippen molar-refractivity contribution in [2.75, 3.05) is 43.0 Å². The molecule has 0 aromatic heterocycles. The smallest absolute Gasteiger partial charge is 0.414 e. The average molecular weight is 407 g/mol. The Hall–Kier alpha value is -2.65. The number of ether oxygens (including phenoxy) is 1. The molecule has 1 atom stereocenters. The molecule has 2 aliphatic heterocycles. The van der Waals surface area contributed by atoms with Crippen LogP contribution in [0.4, 0.5) is 11.4 Å². The number of para-hydroxylation sites is 2. The largest absolute Gasteiger partial charge is 0.473 e. The SMILES string of the molecule is O=C(CNCC1CCCO1)Nc1ccccc1N1CCCCC1.O=C(O)C(=O)O. The Bertz CT molecular complexity index is 673. The fourth-order valence-electron chi connectivity index (χ4n) is 3.34. The van der Waals surface area contributed by atoms with Gasteiger partial charge in [0.1, 0.15) is 0 Å². The lowest BCUT2D eigenvalue weighted by Crippen LogP contribution is -2.34. The van der Waals surface area contributed by atoms with Gasteiger partial charge in [-0.1, -0.05) is 12.1 Å². The van der Waals surface area contributed by atoms with Crippen LogP contribution in [0.1, 0.15) is 32.1 Å². The van der Waals surface area contributed by atoms with Crippen LogP contribution < -0.4 is 15.5 Å². The summed E-state index contributed by atoms with van der Waals surface area (Å²) in [7, 11) is 0. The Labute approximate surface area is 170 Å². The first-order chi connectivity index (χ1) is 14.0. The zero-order valence-electron chi connectivity index (χ0n) is 16.4. The van der Waals surface area contributed by atoms with Gasteiger partial charge in [0.2, 0.25) is 5.91 Å². The maximum Gasteiger partial charge on any atom is 0.414 e. The molecule has 0 bridgehead atoms. The fourth-order valence-corrected chi connectivity index (χ4v) is 3.34. The van der Waals surface area contributed by atoms with Crippen molar-refractivity contribution in [3.05, 3.63) is 24.3 Å². The number of nitrogens with zero attached hydrogens (tertiary/aromatic N) is 1. The molecule has 4 N–H and O–H groups in total. The van der Waals surface area contributed by atoms with Gasteiger partial charge in [-0.05, 0) is 44.2 Å². The standard InChI is InChI=1S/C18H27N3O2.C2H2O4/c22-18(14-19-13-15-7-6-12-23-15)20-16-8-2-3-9-17(16)21-10-4-1-5-11-21;3-1(4)2(5)6/h2-3,8-9,15,19H,1,4-7,10-14H2,(H,20,22);(H,3,4)(H,5,6). The lowest BCUT2D eigenvalue weighted by atomic mass is 10.1. The zero-order chi connectivity index (χ0) is 21.1. The lowest BCUT2D eigenvalue weighted by Gasteiger charge is -2.30. The quantitative estimate of drug-likeness (QED) is 0.523. The molecule has 2 fully saturated rings. The van der Waals surface area contributed by atoms with Crippen LogP contribution in [0.25, 0.3) is 0 Å². The molecule has 2 saturated heterocycles. The van der Waals surface area contributed by atoms with Crippen molar-refractivity contribution in [3.8, 4) is 0 Å². The second-order valence-corrected chi connectivity index (χ2v) is 6.99. The van der Waals surface area contributed by atoms with Crippen molar-refractivity contribution >= 4 is 29.2 Å².